The van der Waals surface area contributed by atoms with Crippen molar-refractivity contribution in [3.63, 3.8) is 0 Å². The second kappa shape index (κ2) is 6.66. The van der Waals surface area contributed by atoms with E-state index in [9.17, 15) is 14.4 Å². The summed E-state index contributed by atoms with van der Waals surface area (Å²) in [5.74, 6) is -1.82. The van der Waals surface area contributed by atoms with E-state index in [1.54, 1.807) is 24.3 Å². The molecule has 122 valence electrons. The molecule has 1 atom stereocenters. The Bertz CT molecular complexity index is 750. The molecule has 0 radical (unpaired) electrons. The van der Waals surface area contributed by atoms with Crippen molar-refractivity contribution in [1.29, 1.82) is 0 Å². The van der Waals surface area contributed by atoms with Crippen LogP contribution in [0.2, 0.25) is 0 Å². The van der Waals surface area contributed by atoms with Crippen molar-refractivity contribution in [3.05, 3.63) is 71.3 Å². The van der Waals surface area contributed by atoms with E-state index in [2.05, 4.69) is 0 Å². The predicted molar refractivity (Wildman–Crippen MR) is 87.1 cm³/mol. The molecule has 0 saturated heterocycles. The number of hydrogen-bond acceptors (Lipinski definition) is 4. The minimum absolute atomic E-state index is 0.0196. The van der Waals surface area contributed by atoms with E-state index in [0.717, 1.165) is 12.0 Å². The minimum atomic E-state index is -0.600. The van der Waals surface area contributed by atoms with Crippen molar-refractivity contribution in [1.82, 2.24) is 5.06 Å². The Kier molecular flexibility index (Phi) is 4.42. The summed E-state index contributed by atoms with van der Waals surface area (Å²) in [5.41, 5.74) is 1.54. The van der Waals surface area contributed by atoms with E-state index in [4.69, 9.17) is 4.84 Å². The van der Waals surface area contributed by atoms with E-state index in [1.165, 1.54) is 0 Å². The SMILES string of the molecule is CCC(CC(=O)ON1C(=O)c2ccccc2C1=O)c1ccccc1. The van der Waals surface area contributed by atoms with Crippen molar-refractivity contribution >= 4 is 17.8 Å². The van der Waals surface area contributed by atoms with Gasteiger partial charge in [0, 0.05) is 0 Å². The summed E-state index contributed by atoms with van der Waals surface area (Å²) in [6, 6.07) is 16.0. The molecule has 0 spiro atoms. The first-order chi connectivity index (χ1) is 11.6. The second-order valence-corrected chi connectivity index (χ2v) is 5.63. The van der Waals surface area contributed by atoms with Gasteiger partial charge in [0.15, 0.2) is 0 Å². The van der Waals surface area contributed by atoms with Crippen LogP contribution in [0.5, 0.6) is 0 Å². The van der Waals surface area contributed by atoms with E-state index in [1.807, 2.05) is 37.3 Å². The summed E-state index contributed by atoms with van der Waals surface area (Å²) in [4.78, 5) is 41.7. The lowest BCUT2D eigenvalue weighted by Gasteiger charge is -2.17. The maximum atomic E-state index is 12.2. The van der Waals surface area contributed by atoms with Crippen molar-refractivity contribution in [3.8, 4) is 0 Å². The molecule has 1 aliphatic rings. The molecule has 0 N–H and O–H groups in total. The van der Waals surface area contributed by atoms with E-state index >= 15 is 0 Å². The summed E-state index contributed by atoms with van der Waals surface area (Å²) in [6.07, 6.45) is 0.856. The average molecular weight is 323 g/mol. The fourth-order valence-corrected chi connectivity index (χ4v) is 2.81. The van der Waals surface area contributed by atoms with Gasteiger partial charge in [-0.05, 0) is 30.0 Å². The molecular weight excluding hydrogens is 306 g/mol. The first kappa shape index (κ1) is 15.9. The summed E-state index contributed by atoms with van der Waals surface area (Å²) in [5, 5.41) is 0.560. The van der Waals surface area contributed by atoms with Gasteiger partial charge in [-0.15, -0.1) is 0 Å². The molecule has 0 aliphatic carbocycles. The number of nitrogens with zero attached hydrogens (tertiary/aromatic N) is 1. The molecule has 1 heterocycles. The Morgan fingerprint density at radius 2 is 1.50 bits per heavy atom. The highest BCUT2D eigenvalue weighted by molar-refractivity contribution is 6.20. The molecule has 1 unspecified atom stereocenters. The lowest BCUT2D eigenvalue weighted by molar-refractivity contribution is -0.169. The molecule has 0 aromatic heterocycles. The Labute approximate surface area is 139 Å². The maximum absolute atomic E-state index is 12.2. The zero-order valence-corrected chi connectivity index (χ0v) is 13.3. The van der Waals surface area contributed by atoms with E-state index < -0.39 is 17.8 Å². The first-order valence-electron chi connectivity index (χ1n) is 7.85. The van der Waals surface area contributed by atoms with Crippen LogP contribution in [0, 0.1) is 0 Å². The third-order valence-corrected chi connectivity index (χ3v) is 4.13. The van der Waals surface area contributed by atoms with Crippen LogP contribution >= 0.6 is 0 Å². The molecule has 2 aromatic rings. The summed E-state index contributed by atoms with van der Waals surface area (Å²) in [6.45, 7) is 1.98. The molecule has 3 rings (SSSR count). The standard InChI is InChI=1S/C19H17NO4/c1-2-13(14-8-4-3-5-9-14)12-17(21)24-20-18(22)15-10-6-7-11-16(15)19(20)23/h3-11,13H,2,12H2,1H3. The summed E-state index contributed by atoms with van der Waals surface area (Å²) < 4.78 is 0. The molecule has 0 bridgehead atoms. The van der Waals surface area contributed by atoms with Gasteiger partial charge in [-0.3, -0.25) is 9.59 Å². The fraction of sp³-hybridized carbons (Fsp3) is 0.211. The summed E-state index contributed by atoms with van der Waals surface area (Å²) in [7, 11) is 0. The number of carbonyl (C=O) groups is 3. The molecule has 0 fully saturated rings. The minimum Gasteiger partial charge on any atom is -0.330 e. The zero-order chi connectivity index (χ0) is 17.1. The Balaban J connectivity index is 1.70. The molecule has 1 aliphatic heterocycles. The highest BCUT2D eigenvalue weighted by Gasteiger charge is 2.38. The Hall–Kier alpha value is -2.95. The number of carbonyl (C=O) groups excluding carboxylic acids is 3. The van der Waals surface area contributed by atoms with Gasteiger partial charge in [-0.25, -0.2) is 4.79 Å². The van der Waals surface area contributed by atoms with Gasteiger partial charge in [0.05, 0.1) is 17.5 Å². The van der Waals surface area contributed by atoms with Gasteiger partial charge in [0.25, 0.3) is 11.8 Å². The molecular formula is C19H17NO4. The van der Waals surface area contributed by atoms with Crippen LogP contribution in [0.15, 0.2) is 54.6 Å². The lowest BCUT2D eigenvalue weighted by Crippen LogP contribution is -2.33. The fourth-order valence-electron chi connectivity index (χ4n) is 2.81. The molecule has 24 heavy (non-hydrogen) atoms. The van der Waals surface area contributed by atoms with Crippen molar-refractivity contribution in [2.45, 2.75) is 25.7 Å². The van der Waals surface area contributed by atoms with Crippen LogP contribution in [-0.2, 0) is 9.63 Å². The topological polar surface area (TPSA) is 63.7 Å². The molecule has 2 aromatic carbocycles. The van der Waals surface area contributed by atoms with Gasteiger partial charge in [0.2, 0.25) is 0 Å². The van der Waals surface area contributed by atoms with E-state index in [0.29, 0.717) is 5.06 Å². The van der Waals surface area contributed by atoms with E-state index in [-0.39, 0.29) is 23.5 Å². The van der Waals surface area contributed by atoms with Gasteiger partial charge < -0.3 is 4.84 Å². The number of rotatable bonds is 5. The molecule has 2 amide bonds. The number of amides is 2. The molecule has 0 saturated carbocycles. The molecule has 5 heteroatoms. The highest BCUT2D eigenvalue weighted by atomic mass is 16.7. The largest absolute Gasteiger partial charge is 0.333 e. The normalized spacial score (nSPS) is 14.5. The Morgan fingerprint density at radius 3 is 2.04 bits per heavy atom. The van der Waals surface area contributed by atoms with Crippen LogP contribution < -0.4 is 0 Å². The number of imide groups is 1. The van der Waals surface area contributed by atoms with Crippen molar-refractivity contribution in [2.24, 2.45) is 0 Å². The third kappa shape index (κ3) is 2.93. The monoisotopic (exact) mass is 323 g/mol. The maximum Gasteiger partial charge on any atom is 0.333 e. The van der Waals surface area contributed by atoms with Gasteiger partial charge in [0.1, 0.15) is 0 Å². The smallest absolute Gasteiger partial charge is 0.330 e. The molecule has 5 nitrogen and oxygen atoms in total. The van der Waals surface area contributed by atoms with Gasteiger partial charge >= 0.3 is 5.97 Å². The number of fused-ring (bicyclic) bond motifs is 1. The lowest BCUT2D eigenvalue weighted by atomic mass is 9.93. The zero-order valence-electron chi connectivity index (χ0n) is 13.3. The second-order valence-electron chi connectivity index (χ2n) is 5.63. The van der Waals surface area contributed by atoms with Gasteiger partial charge in [-0.2, -0.15) is 0 Å². The van der Waals surface area contributed by atoms with Gasteiger partial charge in [-0.1, -0.05) is 54.5 Å². The first-order valence-corrected chi connectivity index (χ1v) is 7.85. The van der Waals surface area contributed by atoms with Crippen LogP contribution in [0.25, 0.3) is 0 Å². The average Bonchev–Trinajstić information content (AvgIpc) is 2.86. The number of hydroxylamine groups is 2. The van der Waals surface area contributed by atoms with Crippen molar-refractivity contribution < 1.29 is 19.2 Å². The third-order valence-electron chi connectivity index (χ3n) is 4.13. The van der Waals surface area contributed by atoms with Crippen LogP contribution in [0.4, 0.5) is 0 Å². The summed E-state index contributed by atoms with van der Waals surface area (Å²) >= 11 is 0. The number of hydrogen-bond donors (Lipinski definition) is 0. The van der Waals surface area contributed by atoms with Crippen LogP contribution in [-0.4, -0.2) is 22.8 Å². The van der Waals surface area contributed by atoms with Crippen molar-refractivity contribution in [2.75, 3.05) is 0 Å². The highest BCUT2D eigenvalue weighted by Crippen LogP contribution is 2.26. The van der Waals surface area contributed by atoms with Crippen LogP contribution in [0.1, 0.15) is 52.0 Å². The van der Waals surface area contributed by atoms with Crippen LogP contribution in [0.3, 0.4) is 0 Å². The Morgan fingerprint density at radius 1 is 0.958 bits per heavy atom. The quantitative estimate of drug-likeness (QED) is 0.792. The number of benzene rings is 2. The predicted octanol–water partition coefficient (Wildman–Crippen LogP) is 3.32.